The zero-order valence-corrected chi connectivity index (χ0v) is 16.3. The minimum absolute atomic E-state index is 0.00294. The SMILES string of the molecule is C[C@H]1CCCN(Cc2ccccc2CNC(=O)Cc2ccccc2[N+](=O)[O-])C1. The van der Waals surface area contributed by atoms with Gasteiger partial charge in [0.15, 0.2) is 0 Å². The smallest absolute Gasteiger partial charge is 0.273 e. The highest BCUT2D eigenvalue weighted by atomic mass is 16.6. The highest BCUT2D eigenvalue weighted by molar-refractivity contribution is 5.79. The predicted molar refractivity (Wildman–Crippen MR) is 109 cm³/mol. The highest BCUT2D eigenvalue weighted by Crippen LogP contribution is 2.20. The van der Waals surface area contributed by atoms with Gasteiger partial charge in [-0.3, -0.25) is 19.8 Å². The van der Waals surface area contributed by atoms with Gasteiger partial charge >= 0.3 is 0 Å². The molecule has 1 fully saturated rings. The van der Waals surface area contributed by atoms with Crippen LogP contribution in [-0.4, -0.2) is 28.8 Å². The number of hydrogen-bond acceptors (Lipinski definition) is 4. The van der Waals surface area contributed by atoms with Crippen molar-refractivity contribution in [3.63, 3.8) is 0 Å². The molecule has 0 unspecified atom stereocenters. The van der Waals surface area contributed by atoms with Crippen LogP contribution in [-0.2, 0) is 24.3 Å². The Balaban J connectivity index is 1.60. The van der Waals surface area contributed by atoms with Crippen LogP contribution in [0.5, 0.6) is 0 Å². The molecule has 148 valence electrons. The fourth-order valence-electron chi connectivity index (χ4n) is 3.82. The van der Waals surface area contributed by atoms with E-state index in [1.165, 1.54) is 24.5 Å². The molecule has 1 amide bonds. The summed E-state index contributed by atoms with van der Waals surface area (Å²) in [5.74, 6) is 0.512. The Bertz CT molecular complexity index is 837. The van der Waals surface area contributed by atoms with E-state index in [2.05, 4.69) is 23.2 Å². The molecule has 28 heavy (non-hydrogen) atoms. The topological polar surface area (TPSA) is 75.5 Å². The first kappa shape index (κ1) is 20.0. The lowest BCUT2D eigenvalue weighted by Crippen LogP contribution is -2.34. The number of carbonyl (C=O) groups excluding carboxylic acids is 1. The number of benzene rings is 2. The van der Waals surface area contributed by atoms with Gasteiger partial charge in [-0.05, 0) is 36.4 Å². The van der Waals surface area contributed by atoms with Crippen molar-refractivity contribution < 1.29 is 9.72 Å². The van der Waals surface area contributed by atoms with Gasteiger partial charge in [0.25, 0.3) is 5.69 Å². The molecule has 1 N–H and O–H groups in total. The van der Waals surface area contributed by atoms with E-state index in [9.17, 15) is 14.9 Å². The molecule has 1 aliphatic rings. The molecule has 0 aliphatic carbocycles. The Hall–Kier alpha value is -2.73. The molecule has 6 heteroatoms. The number of rotatable bonds is 7. The second-order valence-electron chi connectivity index (χ2n) is 7.59. The third-order valence-electron chi connectivity index (χ3n) is 5.27. The van der Waals surface area contributed by atoms with Gasteiger partial charge in [0.1, 0.15) is 0 Å². The number of nitro groups is 1. The number of para-hydroxylation sites is 1. The third kappa shape index (κ3) is 5.39. The van der Waals surface area contributed by atoms with Gasteiger partial charge < -0.3 is 5.32 Å². The first-order chi connectivity index (χ1) is 13.5. The Kier molecular flexibility index (Phi) is 6.76. The minimum Gasteiger partial charge on any atom is -0.352 e. The third-order valence-corrected chi connectivity index (χ3v) is 5.27. The summed E-state index contributed by atoms with van der Waals surface area (Å²) < 4.78 is 0. The maximum Gasteiger partial charge on any atom is 0.273 e. The van der Waals surface area contributed by atoms with E-state index < -0.39 is 4.92 Å². The molecule has 3 rings (SSSR count). The van der Waals surface area contributed by atoms with E-state index in [1.807, 2.05) is 18.2 Å². The van der Waals surface area contributed by atoms with Gasteiger partial charge in [-0.15, -0.1) is 0 Å². The molecule has 0 bridgehead atoms. The van der Waals surface area contributed by atoms with E-state index in [-0.39, 0.29) is 18.0 Å². The number of piperidine rings is 1. The van der Waals surface area contributed by atoms with Gasteiger partial charge in [-0.1, -0.05) is 49.4 Å². The molecule has 0 spiro atoms. The van der Waals surface area contributed by atoms with Crippen LogP contribution in [0.4, 0.5) is 5.69 Å². The summed E-state index contributed by atoms with van der Waals surface area (Å²) in [5.41, 5.74) is 2.73. The number of hydrogen-bond donors (Lipinski definition) is 1. The van der Waals surface area contributed by atoms with Crippen molar-refractivity contribution in [2.75, 3.05) is 13.1 Å². The average molecular weight is 381 g/mol. The second-order valence-corrected chi connectivity index (χ2v) is 7.59. The number of nitro benzene ring substituents is 1. The van der Waals surface area contributed by atoms with Crippen molar-refractivity contribution in [1.29, 1.82) is 0 Å². The van der Waals surface area contributed by atoms with Crippen LogP contribution >= 0.6 is 0 Å². The Morgan fingerprint density at radius 2 is 1.82 bits per heavy atom. The summed E-state index contributed by atoms with van der Waals surface area (Å²) in [7, 11) is 0. The van der Waals surface area contributed by atoms with Crippen molar-refractivity contribution in [2.24, 2.45) is 5.92 Å². The quantitative estimate of drug-likeness (QED) is 0.586. The van der Waals surface area contributed by atoms with Gasteiger partial charge in [0, 0.05) is 31.3 Å². The van der Waals surface area contributed by atoms with Crippen LogP contribution in [0.25, 0.3) is 0 Å². The molecular formula is C22H27N3O3. The first-order valence-electron chi connectivity index (χ1n) is 9.81. The van der Waals surface area contributed by atoms with Crippen molar-refractivity contribution in [1.82, 2.24) is 10.2 Å². The highest BCUT2D eigenvalue weighted by Gasteiger charge is 2.18. The molecule has 0 radical (unpaired) electrons. The number of nitrogens with one attached hydrogen (secondary N) is 1. The Labute approximate surface area is 165 Å². The second kappa shape index (κ2) is 9.46. The number of nitrogens with zero attached hydrogens (tertiary/aromatic N) is 2. The van der Waals surface area contributed by atoms with E-state index in [1.54, 1.807) is 18.2 Å². The van der Waals surface area contributed by atoms with Crippen molar-refractivity contribution in [3.8, 4) is 0 Å². The molecule has 2 aromatic carbocycles. The van der Waals surface area contributed by atoms with Crippen LogP contribution in [0.1, 0.15) is 36.5 Å². The number of carbonyl (C=O) groups is 1. The first-order valence-corrected chi connectivity index (χ1v) is 9.81. The lowest BCUT2D eigenvalue weighted by Gasteiger charge is -2.31. The molecule has 0 saturated carbocycles. The van der Waals surface area contributed by atoms with Crippen LogP contribution in [0, 0.1) is 16.0 Å². The zero-order valence-electron chi connectivity index (χ0n) is 16.3. The van der Waals surface area contributed by atoms with Crippen molar-refractivity contribution in [2.45, 2.75) is 39.3 Å². The molecule has 6 nitrogen and oxygen atoms in total. The van der Waals surface area contributed by atoms with Crippen molar-refractivity contribution >= 4 is 11.6 Å². The fourth-order valence-corrected chi connectivity index (χ4v) is 3.82. The normalized spacial score (nSPS) is 17.2. The Morgan fingerprint density at radius 3 is 2.54 bits per heavy atom. The summed E-state index contributed by atoms with van der Waals surface area (Å²) in [5, 5.41) is 14.0. The van der Waals surface area contributed by atoms with Gasteiger partial charge in [-0.2, -0.15) is 0 Å². The van der Waals surface area contributed by atoms with Gasteiger partial charge in [0.2, 0.25) is 5.91 Å². The van der Waals surface area contributed by atoms with E-state index in [0.717, 1.165) is 31.1 Å². The van der Waals surface area contributed by atoms with E-state index >= 15 is 0 Å². The Morgan fingerprint density at radius 1 is 1.14 bits per heavy atom. The zero-order chi connectivity index (χ0) is 19.9. The fraction of sp³-hybridized carbons (Fsp3) is 0.409. The monoisotopic (exact) mass is 381 g/mol. The van der Waals surface area contributed by atoms with Crippen molar-refractivity contribution in [3.05, 3.63) is 75.3 Å². The van der Waals surface area contributed by atoms with Crippen LogP contribution in [0.15, 0.2) is 48.5 Å². The molecule has 0 aromatic heterocycles. The predicted octanol–water partition coefficient (Wildman–Crippen LogP) is 3.69. The molecule has 2 aromatic rings. The number of likely N-dealkylation sites (tertiary alicyclic amines) is 1. The molecule has 1 heterocycles. The maximum atomic E-state index is 12.4. The molecular weight excluding hydrogens is 354 g/mol. The summed E-state index contributed by atoms with van der Waals surface area (Å²) in [6.45, 7) is 5.84. The van der Waals surface area contributed by atoms with Crippen LogP contribution < -0.4 is 5.32 Å². The van der Waals surface area contributed by atoms with Crippen LogP contribution in [0.3, 0.4) is 0 Å². The number of amides is 1. The summed E-state index contributed by atoms with van der Waals surface area (Å²) >= 11 is 0. The van der Waals surface area contributed by atoms with E-state index in [0.29, 0.717) is 12.1 Å². The van der Waals surface area contributed by atoms with Gasteiger partial charge in [0.05, 0.1) is 11.3 Å². The minimum atomic E-state index is -0.447. The lowest BCUT2D eigenvalue weighted by atomic mass is 9.99. The summed E-state index contributed by atoms with van der Waals surface area (Å²) in [4.78, 5) is 25.5. The van der Waals surface area contributed by atoms with Gasteiger partial charge in [-0.25, -0.2) is 0 Å². The molecule has 1 saturated heterocycles. The lowest BCUT2D eigenvalue weighted by molar-refractivity contribution is -0.385. The maximum absolute atomic E-state index is 12.4. The molecule has 1 aliphatic heterocycles. The standard InChI is InChI=1S/C22H27N3O3/c1-17-7-6-12-24(15-17)16-20-10-3-2-9-19(20)14-23-22(26)13-18-8-4-5-11-21(18)25(27)28/h2-5,8-11,17H,6-7,12-16H2,1H3,(H,23,26)/t17-/m0/s1. The largest absolute Gasteiger partial charge is 0.352 e. The van der Waals surface area contributed by atoms with E-state index in [4.69, 9.17) is 0 Å². The average Bonchev–Trinajstić information content (AvgIpc) is 2.67. The summed E-state index contributed by atoms with van der Waals surface area (Å²) in [6.07, 6.45) is 2.53. The molecule has 1 atom stereocenters. The summed E-state index contributed by atoms with van der Waals surface area (Å²) in [6, 6.07) is 14.5. The van der Waals surface area contributed by atoms with Crippen LogP contribution in [0.2, 0.25) is 0 Å².